The number of aromatic nitrogens is 2. The van der Waals surface area contributed by atoms with E-state index in [1.54, 1.807) is 49.8 Å². The summed E-state index contributed by atoms with van der Waals surface area (Å²) in [7, 11) is -2.09. The maximum atomic E-state index is 13.2. The molecule has 32 heavy (non-hydrogen) atoms. The number of carbonyl (C=O) groups is 1. The van der Waals surface area contributed by atoms with E-state index in [1.165, 1.54) is 16.8 Å². The Morgan fingerprint density at radius 2 is 1.72 bits per heavy atom. The van der Waals surface area contributed by atoms with Crippen molar-refractivity contribution in [1.82, 2.24) is 9.36 Å². The average Bonchev–Trinajstić information content (AvgIpc) is 2.95. The molecular weight excluding hydrogens is 452 g/mol. The number of hydrogen-bond acceptors (Lipinski definition) is 4. The molecule has 0 saturated heterocycles. The van der Waals surface area contributed by atoms with Crippen molar-refractivity contribution in [3.05, 3.63) is 75.7 Å². The molecule has 0 aliphatic heterocycles. The van der Waals surface area contributed by atoms with Gasteiger partial charge in [0.1, 0.15) is 11.7 Å². The molecule has 0 unspecified atom stereocenters. The van der Waals surface area contributed by atoms with Crippen LogP contribution in [0.5, 0.6) is 0 Å². The van der Waals surface area contributed by atoms with Crippen LogP contribution in [0.25, 0.3) is 5.69 Å². The molecule has 0 bridgehead atoms. The minimum absolute atomic E-state index is 0.101. The van der Waals surface area contributed by atoms with Crippen LogP contribution < -0.4 is 15.2 Å². The molecule has 1 aromatic heterocycles. The zero-order chi connectivity index (χ0) is 23.6. The van der Waals surface area contributed by atoms with Gasteiger partial charge >= 0.3 is 0 Å². The number of nitrogens with one attached hydrogen (secondary N) is 1. The zero-order valence-electron chi connectivity index (χ0n) is 18.2. The fourth-order valence-electron chi connectivity index (χ4n) is 3.57. The summed E-state index contributed by atoms with van der Waals surface area (Å²) in [5.74, 6) is -0.598. The summed E-state index contributed by atoms with van der Waals surface area (Å²) in [5, 5.41) is 3.11. The highest BCUT2D eigenvalue weighted by Crippen LogP contribution is 2.25. The monoisotopic (exact) mass is 476 g/mol. The van der Waals surface area contributed by atoms with Crippen LogP contribution in [0.2, 0.25) is 5.02 Å². The second-order valence-electron chi connectivity index (χ2n) is 7.39. The van der Waals surface area contributed by atoms with Gasteiger partial charge in [0, 0.05) is 12.1 Å². The Kier molecular flexibility index (Phi) is 6.80. The molecule has 3 aromatic rings. The largest absolute Gasteiger partial charge is 0.318 e. The highest BCUT2D eigenvalue weighted by Gasteiger charge is 2.32. The van der Waals surface area contributed by atoms with Crippen molar-refractivity contribution in [1.29, 1.82) is 0 Å². The Labute approximate surface area is 192 Å². The van der Waals surface area contributed by atoms with E-state index in [9.17, 15) is 18.0 Å². The number of sulfonamides is 1. The van der Waals surface area contributed by atoms with E-state index in [4.69, 9.17) is 11.6 Å². The van der Waals surface area contributed by atoms with E-state index in [1.807, 2.05) is 18.2 Å². The first-order valence-corrected chi connectivity index (χ1v) is 12.2. The molecule has 0 radical (unpaired) electrons. The number of hydrogen-bond donors (Lipinski definition) is 1. The van der Waals surface area contributed by atoms with Gasteiger partial charge in [0.2, 0.25) is 15.9 Å². The van der Waals surface area contributed by atoms with Crippen molar-refractivity contribution in [2.75, 3.05) is 15.9 Å². The Bertz CT molecular complexity index is 1280. The highest BCUT2D eigenvalue weighted by molar-refractivity contribution is 7.92. The lowest BCUT2D eigenvalue weighted by Crippen LogP contribution is -2.47. The molecule has 0 saturated carbocycles. The molecule has 0 spiro atoms. The van der Waals surface area contributed by atoms with E-state index in [2.05, 4.69) is 5.32 Å². The van der Waals surface area contributed by atoms with Crippen LogP contribution in [0.3, 0.4) is 0 Å². The number of benzene rings is 2. The van der Waals surface area contributed by atoms with Gasteiger partial charge in [-0.1, -0.05) is 36.7 Å². The van der Waals surface area contributed by atoms with Gasteiger partial charge in [-0.3, -0.25) is 18.6 Å². The lowest BCUT2D eigenvalue weighted by molar-refractivity contribution is -0.117. The van der Waals surface area contributed by atoms with Crippen LogP contribution in [0, 0.1) is 6.92 Å². The molecule has 1 heterocycles. The Balaban J connectivity index is 2.01. The Morgan fingerprint density at radius 1 is 1.12 bits per heavy atom. The number of para-hydroxylation sites is 1. The van der Waals surface area contributed by atoms with Gasteiger partial charge in [-0.25, -0.2) is 13.1 Å². The predicted molar refractivity (Wildman–Crippen MR) is 127 cm³/mol. The van der Waals surface area contributed by atoms with Crippen LogP contribution in [-0.2, 0) is 21.9 Å². The first-order valence-electron chi connectivity index (χ1n) is 9.96. The van der Waals surface area contributed by atoms with Crippen molar-refractivity contribution in [3.63, 3.8) is 0 Å². The SMILES string of the molecule is CC[C@@H](C(=O)Nc1c(C)n(C)n(-c2ccccc2)c1=O)N(c1ccc(Cl)cc1)S(C)(=O)=O. The highest BCUT2D eigenvalue weighted by atomic mass is 35.5. The topological polar surface area (TPSA) is 93.4 Å². The summed E-state index contributed by atoms with van der Waals surface area (Å²) in [6.45, 7) is 3.42. The van der Waals surface area contributed by atoms with Crippen molar-refractivity contribution < 1.29 is 13.2 Å². The predicted octanol–water partition coefficient (Wildman–Crippen LogP) is 3.32. The maximum Gasteiger partial charge on any atom is 0.295 e. The Morgan fingerprint density at radius 3 is 2.25 bits per heavy atom. The van der Waals surface area contributed by atoms with Crippen LogP contribution in [0.15, 0.2) is 59.4 Å². The van der Waals surface area contributed by atoms with E-state index >= 15 is 0 Å². The van der Waals surface area contributed by atoms with Gasteiger partial charge < -0.3 is 5.32 Å². The second-order valence-corrected chi connectivity index (χ2v) is 9.68. The molecule has 10 heteroatoms. The Hall–Kier alpha value is -3.04. The molecule has 0 aliphatic rings. The minimum atomic E-state index is -3.80. The van der Waals surface area contributed by atoms with Gasteiger partial charge in [-0.2, -0.15) is 0 Å². The molecule has 2 aromatic carbocycles. The average molecular weight is 477 g/mol. The molecule has 1 atom stereocenters. The second kappa shape index (κ2) is 9.22. The smallest absolute Gasteiger partial charge is 0.295 e. The van der Waals surface area contributed by atoms with Crippen LogP contribution in [0.4, 0.5) is 11.4 Å². The van der Waals surface area contributed by atoms with Crippen LogP contribution >= 0.6 is 11.6 Å². The van der Waals surface area contributed by atoms with Crippen molar-refractivity contribution in [2.45, 2.75) is 26.3 Å². The zero-order valence-corrected chi connectivity index (χ0v) is 19.8. The fourth-order valence-corrected chi connectivity index (χ4v) is 4.90. The van der Waals surface area contributed by atoms with Gasteiger partial charge in [-0.15, -0.1) is 0 Å². The summed E-state index contributed by atoms with van der Waals surface area (Å²) in [6.07, 6.45) is 1.23. The summed E-state index contributed by atoms with van der Waals surface area (Å²) >= 11 is 5.93. The minimum Gasteiger partial charge on any atom is -0.318 e. The van der Waals surface area contributed by atoms with E-state index in [0.29, 0.717) is 22.1 Å². The number of anilines is 2. The summed E-state index contributed by atoms with van der Waals surface area (Å²) in [5.41, 5.74) is 1.19. The molecule has 0 aliphatic carbocycles. The number of halogens is 1. The van der Waals surface area contributed by atoms with E-state index < -0.39 is 27.5 Å². The maximum absolute atomic E-state index is 13.2. The third-order valence-corrected chi connectivity index (χ3v) is 6.65. The van der Waals surface area contributed by atoms with Gasteiger partial charge in [0.25, 0.3) is 5.56 Å². The van der Waals surface area contributed by atoms with Gasteiger partial charge in [0.15, 0.2) is 0 Å². The number of nitrogens with zero attached hydrogens (tertiary/aromatic N) is 3. The number of carbonyl (C=O) groups excluding carboxylic acids is 1. The molecule has 170 valence electrons. The number of rotatable bonds is 7. The van der Waals surface area contributed by atoms with Crippen molar-refractivity contribution in [2.24, 2.45) is 7.05 Å². The fraction of sp³-hybridized carbons (Fsp3) is 0.273. The standard InChI is InChI=1S/C22H25ClN4O4S/c1-5-19(27(32(4,30)31)18-13-11-16(23)12-14-18)21(28)24-20-15(2)25(3)26(22(20)29)17-9-7-6-8-10-17/h6-14,19H,5H2,1-4H3,(H,24,28)/t19-/m0/s1. The van der Waals surface area contributed by atoms with Crippen molar-refractivity contribution >= 4 is 38.9 Å². The summed E-state index contributed by atoms with van der Waals surface area (Å²) in [6, 6.07) is 14.2. The van der Waals surface area contributed by atoms with E-state index in [-0.39, 0.29) is 12.1 Å². The van der Waals surface area contributed by atoms with Crippen molar-refractivity contribution in [3.8, 4) is 5.69 Å². The molecule has 3 rings (SSSR count). The number of amides is 1. The summed E-state index contributed by atoms with van der Waals surface area (Å²) < 4.78 is 29.3. The first kappa shape index (κ1) is 23.6. The van der Waals surface area contributed by atoms with Gasteiger partial charge in [-0.05, 0) is 49.7 Å². The molecular formula is C22H25ClN4O4S. The lowest BCUT2D eigenvalue weighted by Gasteiger charge is -2.30. The quantitative estimate of drug-likeness (QED) is 0.566. The molecule has 0 fully saturated rings. The van der Waals surface area contributed by atoms with Gasteiger partial charge in [0.05, 0.1) is 23.3 Å². The van der Waals surface area contributed by atoms with Crippen LogP contribution in [-0.4, -0.2) is 36.0 Å². The normalized spacial score (nSPS) is 12.4. The van der Waals surface area contributed by atoms with E-state index in [0.717, 1.165) is 10.6 Å². The lowest BCUT2D eigenvalue weighted by atomic mass is 10.2. The molecule has 8 nitrogen and oxygen atoms in total. The third-order valence-electron chi connectivity index (χ3n) is 5.21. The molecule has 1 N–H and O–H groups in total. The van der Waals surface area contributed by atoms with Crippen LogP contribution in [0.1, 0.15) is 19.0 Å². The third kappa shape index (κ3) is 4.58. The summed E-state index contributed by atoms with van der Waals surface area (Å²) in [4.78, 5) is 26.3. The first-order chi connectivity index (χ1) is 15.1. The molecule has 1 amide bonds.